The maximum absolute atomic E-state index is 13.3. The summed E-state index contributed by atoms with van der Waals surface area (Å²) in [5.41, 5.74) is 0.653. The molecule has 1 fully saturated rings. The lowest BCUT2D eigenvalue weighted by Gasteiger charge is -2.36. The van der Waals surface area contributed by atoms with Crippen LogP contribution in [0.25, 0.3) is 0 Å². The molecule has 4 N–H and O–H groups in total. The molecule has 2 amide bonds. The van der Waals surface area contributed by atoms with Crippen LogP contribution in [0.4, 0.5) is 14.9 Å². The van der Waals surface area contributed by atoms with Crippen LogP contribution in [-0.2, 0) is 14.8 Å². The van der Waals surface area contributed by atoms with Gasteiger partial charge in [0.1, 0.15) is 11.9 Å². The summed E-state index contributed by atoms with van der Waals surface area (Å²) in [6, 6.07) is 13.0. The fourth-order valence-electron chi connectivity index (χ4n) is 3.44. The largest absolute Gasteiger partial charge is 0.394 e. The molecule has 0 aromatic heterocycles. The van der Waals surface area contributed by atoms with E-state index in [9.17, 15) is 22.7 Å². The van der Waals surface area contributed by atoms with Gasteiger partial charge in [0.05, 0.1) is 23.6 Å². The van der Waals surface area contributed by atoms with Crippen molar-refractivity contribution >= 4 is 21.7 Å². The van der Waals surface area contributed by atoms with E-state index in [1.807, 2.05) is 18.2 Å². The van der Waals surface area contributed by atoms with E-state index in [4.69, 9.17) is 4.74 Å². The SMILES string of the molecule is O=C(Nc1ccccc1)N[C@@H]1CC[C@H](CCNS(=O)(=O)c2cccc(F)c2)O[C@H]1CO. The molecule has 3 rings (SSSR count). The molecule has 10 heteroatoms. The van der Waals surface area contributed by atoms with E-state index in [0.29, 0.717) is 24.9 Å². The molecule has 0 spiro atoms. The number of halogens is 1. The monoisotopic (exact) mass is 451 g/mol. The summed E-state index contributed by atoms with van der Waals surface area (Å²) in [5.74, 6) is -0.626. The van der Waals surface area contributed by atoms with Gasteiger partial charge in [-0.2, -0.15) is 0 Å². The van der Waals surface area contributed by atoms with Crippen LogP contribution in [0.3, 0.4) is 0 Å². The number of rotatable bonds is 8. The van der Waals surface area contributed by atoms with Gasteiger partial charge in [0.2, 0.25) is 10.0 Å². The summed E-state index contributed by atoms with van der Waals surface area (Å²) in [6.07, 6.45) is 0.680. The maximum Gasteiger partial charge on any atom is 0.319 e. The first-order valence-corrected chi connectivity index (χ1v) is 11.5. The van der Waals surface area contributed by atoms with Crippen molar-refractivity contribution in [2.75, 3.05) is 18.5 Å². The molecule has 1 saturated heterocycles. The molecule has 168 valence electrons. The molecule has 1 heterocycles. The van der Waals surface area contributed by atoms with Crippen LogP contribution in [0.2, 0.25) is 0 Å². The van der Waals surface area contributed by atoms with Gasteiger partial charge in [0.25, 0.3) is 0 Å². The Kier molecular flexibility index (Phi) is 7.97. The summed E-state index contributed by atoms with van der Waals surface area (Å²) >= 11 is 0. The highest BCUT2D eigenvalue weighted by molar-refractivity contribution is 7.89. The number of sulfonamides is 1. The number of ether oxygens (including phenoxy) is 1. The Morgan fingerprint density at radius 1 is 1.13 bits per heavy atom. The Balaban J connectivity index is 1.46. The standard InChI is InChI=1S/C21H26FN3O5S/c22-15-5-4-8-18(13-15)31(28,29)23-12-11-17-9-10-19(20(14-26)30-17)25-21(27)24-16-6-2-1-3-7-16/h1-8,13,17,19-20,23,26H,9-12,14H2,(H2,24,25,27)/t17-,19-,20+/m1/s1. The molecule has 31 heavy (non-hydrogen) atoms. The fourth-order valence-corrected chi connectivity index (χ4v) is 4.52. The quantitative estimate of drug-likeness (QED) is 0.491. The molecule has 1 aliphatic rings. The summed E-state index contributed by atoms with van der Waals surface area (Å²) in [4.78, 5) is 12.1. The number of nitrogens with one attached hydrogen (secondary N) is 3. The molecule has 0 saturated carbocycles. The number of urea groups is 1. The van der Waals surface area contributed by atoms with Crippen LogP contribution >= 0.6 is 0 Å². The number of para-hydroxylation sites is 1. The van der Waals surface area contributed by atoms with Crippen molar-refractivity contribution in [3.63, 3.8) is 0 Å². The Hall–Kier alpha value is -2.53. The molecule has 0 aliphatic carbocycles. The first-order valence-electron chi connectivity index (χ1n) is 10.0. The van der Waals surface area contributed by atoms with Crippen molar-refractivity contribution < 1.29 is 27.4 Å². The second kappa shape index (κ2) is 10.7. The number of anilines is 1. The van der Waals surface area contributed by atoms with Crippen LogP contribution in [0.5, 0.6) is 0 Å². The Morgan fingerprint density at radius 3 is 2.61 bits per heavy atom. The normalized spacial score (nSPS) is 21.4. The average Bonchev–Trinajstić information content (AvgIpc) is 2.75. The number of amides is 2. The molecular weight excluding hydrogens is 425 g/mol. The minimum absolute atomic E-state index is 0.105. The van der Waals surface area contributed by atoms with Gasteiger partial charge in [-0.25, -0.2) is 22.3 Å². The summed E-state index contributed by atoms with van der Waals surface area (Å²) in [7, 11) is -3.82. The highest BCUT2D eigenvalue weighted by Gasteiger charge is 2.32. The number of hydrogen-bond donors (Lipinski definition) is 4. The summed E-state index contributed by atoms with van der Waals surface area (Å²) in [5, 5.41) is 15.2. The van der Waals surface area contributed by atoms with Crippen molar-refractivity contribution in [2.45, 2.75) is 42.4 Å². The molecule has 0 bridgehead atoms. The lowest BCUT2D eigenvalue weighted by Crippen LogP contribution is -2.52. The van der Waals surface area contributed by atoms with Crippen molar-refractivity contribution in [3.05, 3.63) is 60.4 Å². The van der Waals surface area contributed by atoms with Gasteiger partial charge < -0.3 is 20.5 Å². The molecule has 1 aliphatic heterocycles. The molecular formula is C21H26FN3O5S. The van der Waals surface area contributed by atoms with Gasteiger partial charge in [-0.05, 0) is 49.6 Å². The molecule has 2 aromatic carbocycles. The zero-order valence-corrected chi connectivity index (χ0v) is 17.6. The Morgan fingerprint density at radius 2 is 1.90 bits per heavy atom. The second-order valence-corrected chi connectivity index (χ2v) is 9.04. The molecule has 3 atom stereocenters. The first kappa shape index (κ1) is 23.1. The van der Waals surface area contributed by atoms with Gasteiger partial charge in [0.15, 0.2) is 0 Å². The van der Waals surface area contributed by atoms with E-state index < -0.39 is 21.9 Å². The van der Waals surface area contributed by atoms with Gasteiger partial charge in [0, 0.05) is 12.2 Å². The van der Waals surface area contributed by atoms with Gasteiger partial charge in [-0.15, -0.1) is 0 Å². The number of aliphatic hydroxyl groups excluding tert-OH is 1. The third kappa shape index (κ3) is 6.73. The Labute approximate surface area is 180 Å². The predicted molar refractivity (Wildman–Crippen MR) is 114 cm³/mol. The van der Waals surface area contributed by atoms with E-state index in [-0.39, 0.29) is 36.2 Å². The summed E-state index contributed by atoms with van der Waals surface area (Å²) < 4.78 is 46.1. The van der Waals surface area contributed by atoms with E-state index in [1.54, 1.807) is 12.1 Å². The lowest BCUT2D eigenvalue weighted by molar-refractivity contribution is -0.0884. The van der Waals surface area contributed by atoms with Crippen molar-refractivity contribution in [3.8, 4) is 0 Å². The number of carbonyl (C=O) groups excluding carboxylic acids is 1. The Bertz CT molecular complexity index is 974. The zero-order chi connectivity index (χ0) is 22.3. The van der Waals surface area contributed by atoms with Crippen molar-refractivity contribution in [2.24, 2.45) is 0 Å². The van der Waals surface area contributed by atoms with Crippen molar-refractivity contribution in [1.82, 2.24) is 10.0 Å². The van der Waals surface area contributed by atoms with Gasteiger partial charge in [-0.3, -0.25) is 0 Å². The zero-order valence-electron chi connectivity index (χ0n) is 16.8. The summed E-state index contributed by atoms with van der Waals surface area (Å²) in [6.45, 7) is -0.171. The second-order valence-electron chi connectivity index (χ2n) is 7.27. The first-order chi connectivity index (χ1) is 14.9. The molecule has 0 unspecified atom stereocenters. The number of carbonyl (C=O) groups is 1. The van der Waals surface area contributed by atoms with E-state index in [0.717, 1.165) is 6.07 Å². The molecule has 8 nitrogen and oxygen atoms in total. The third-order valence-corrected chi connectivity index (χ3v) is 6.47. The van der Waals surface area contributed by atoms with Crippen molar-refractivity contribution in [1.29, 1.82) is 0 Å². The van der Waals surface area contributed by atoms with E-state index in [2.05, 4.69) is 15.4 Å². The minimum Gasteiger partial charge on any atom is -0.394 e. The van der Waals surface area contributed by atoms with Crippen LogP contribution in [0, 0.1) is 5.82 Å². The van der Waals surface area contributed by atoms with Crippen LogP contribution in [-0.4, -0.2) is 51.0 Å². The fraction of sp³-hybridized carbons (Fsp3) is 0.381. The highest BCUT2D eigenvalue weighted by atomic mass is 32.2. The van der Waals surface area contributed by atoms with Crippen LogP contribution in [0.1, 0.15) is 19.3 Å². The average molecular weight is 452 g/mol. The van der Waals surface area contributed by atoms with Crippen LogP contribution in [0.15, 0.2) is 59.5 Å². The van der Waals surface area contributed by atoms with Gasteiger partial charge in [-0.1, -0.05) is 24.3 Å². The number of benzene rings is 2. The predicted octanol–water partition coefficient (Wildman–Crippen LogP) is 2.22. The minimum atomic E-state index is -3.82. The number of aliphatic hydroxyl groups is 1. The number of hydrogen-bond acceptors (Lipinski definition) is 5. The van der Waals surface area contributed by atoms with Crippen LogP contribution < -0.4 is 15.4 Å². The van der Waals surface area contributed by atoms with E-state index in [1.165, 1.54) is 18.2 Å². The lowest BCUT2D eigenvalue weighted by atomic mass is 9.97. The smallest absolute Gasteiger partial charge is 0.319 e. The van der Waals surface area contributed by atoms with Gasteiger partial charge >= 0.3 is 6.03 Å². The van der Waals surface area contributed by atoms with E-state index >= 15 is 0 Å². The molecule has 2 aromatic rings. The highest BCUT2D eigenvalue weighted by Crippen LogP contribution is 2.22. The maximum atomic E-state index is 13.3. The third-order valence-electron chi connectivity index (χ3n) is 5.01. The molecule has 0 radical (unpaired) electrons. The topological polar surface area (TPSA) is 117 Å².